The smallest absolute Gasteiger partial charge is 0.143 e. The lowest BCUT2D eigenvalue weighted by Crippen LogP contribution is -1.78. The van der Waals surface area contributed by atoms with Gasteiger partial charge in [0, 0.05) is 21.4 Å². The number of fused-ring (bicyclic) bond motifs is 3. The Labute approximate surface area is 127 Å². The molecule has 0 saturated carbocycles. The van der Waals surface area contributed by atoms with Crippen LogP contribution in [0.25, 0.3) is 33.1 Å². The van der Waals surface area contributed by atoms with Gasteiger partial charge in [-0.1, -0.05) is 53.6 Å². The summed E-state index contributed by atoms with van der Waals surface area (Å²) in [5, 5.41) is 3.06. The number of furan rings is 1. The van der Waals surface area contributed by atoms with Gasteiger partial charge >= 0.3 is 0 Å². The van der Waals surface area contributed by atoms with Crippen molar-refractivity contribution in [2.45, 2.75) is 6.92 Å². The van der Waals surface area contributed by atoms with E-state index in [9.17, 15) is 0 Å². The summed E-state index contributed by atoms with van der Waals surface area (Å²) < 4.78 is 6.09. The molecule has 0 unspecified atom stereocenters. The first-order valence-electron chi connectivity index (χ1n) is 6.90. The van der Waals surface area contributed by atoms with Crippen LogP contribution in [0.4, 0.5) is 0 Å². The van der Waals surface area contributed by atoms with Gasteiger partial charge in [0.05, 0.1) is 0 Å². The second-order valence-electron chi connectivity index (χ2n) is 5.29. The molecule has 0 atom stereocenters. The van der Waals surface area contributed by atoms with Crippen molar-refractivity contribution in [2.75, 3.05) is 0 Å². The molecule has 1 heterocycles. The minimum Gasteiger partial charge on any atom is -0.455 e. The van der Waals surface area contributed by atoms with Crippen molar-refractivity contribution in [3.8, 4) is 11.1 Å². The fourth-order valence-electron chi connectivity index (χ4n) is 2.77. The van der Waals surface area contributed by atoms with Crippen molar-refractivity contribution in [3.63, 3.8) is 0 Å². The van der Waals surface area contributed by atoms with E-state index in [0.717, 1.165) is 32.7 Å². The van der Waals surface area contributed by atoms with Gasteiger partial charge in [0.15, 0.2) is 0 Å². The van der Waals surface area contributed by atoms with Gasteiger partial charge in [-0.2, -0.15) is 0 Å². The minimum atomic E-state index is 0.742. The Hall–Kier alpha value is -2.25. The summed E-state index contributed by atoms with van der Waals surface area (Å²) >= 11 is 5.98. The molecular weight excluding hydrogens is 280 g/mol. The molecule has 1 aromatic heterocycles. The monoisotopic (exact) mass is 292 g/mol. The van der Waals surface area contributed by atoms with Crippen molar-refractivity contribution in [2.24, 2.45) is 0 Å². The van der Waals surface area contributed by atoms with E-state index in [2.05, 4.69) is 37.3 Å². The maximum Gasteiger partial charge on any atom is 0.143 e. The van der Waals surface area contributed by atoms with E-state index in [1.54, 1.807) is 0 Å². The zero-order valence-electron chi connectivity index (χ0n) is 11.6. The highest BCUT2D eigenvalue weighted by molar-refractivity contribution is 6.30. The van der Waals surface area contributed by atoms with Gasteiger partial charge in [-0.05, 0) is 36.8 Å². The molecule has 0 aliphatic heterocycles. The first-order valence-corrected chi connectivity index (χ1v) is 7.28. The fourth-order valence-corrected chi connectivity index (χ4v) is 2.90. The van der Waals surface area contributed by atoms with Gasteiger partial charge in [0.25, 0.3) is 0 Å². The average molecular weight is 293 g/mol. The van der Waals surface area contributed by atoms with Crippen LogP contribution in [-0.2, 0) is 0 Å². The second-order valence-corrected chi connectivity index (χ2v) is 5.73. The standard InChI is InChI=1S/C19H13ClO/c1-12-5-10-18-17(11-12)16-4-2-3-15(19(16)21-18)13-6-8-14(20)9-7-13/h2-11H,1H3. The Kier molecular flexibility index (Phi) is 2.76. The van der Waals surface area contributed by atoms with Gasteiger partial charge in [0.1, 0.15) is 11.2 Å². The van der Waals surface area contributed by atoms with Crippen LogP contribution in [0, 0.1) is 6.92 Å². The van der Waals surface area contributed by atoms with Crippen molar-refractivity contribution in [3.05, 3.63) is 71.2 Å². The molecule has 0 amide bonds. The van der Waals surface area contributed by atoms with Crippen LogP contribution in [-0.4, -0.2) is 0 Å². The fraction of sp³-hybridized carbons (Fsp3) is 0.0526. The van der Waals surface area contributed by atoms with Crippen LogP contribution in [0.5, 0.6) is 0 Å². The van der Waals surface area contributed by atoms with E-state index in [4.69, 9.17) is 16.0 Å². The van der Waals surface area contributed by atoms with Crippen LogP contribution >= 0.6 is 11.6 Å². The van der Waals surface area contributed by atoms with Crippen LogP contribution in [0.3, 0.4) is 0 Å². The molecule has 0 N–H and O–H groups in total. The highest BCUT2D eigenvalue weighted by atomic mass is 35.5. The predicted molar refractivity (Wildman–Crippen MR) is 88.9 cm³/mol. The SMILES string of the molecule is Cc1ccc2oc3c(-c4ccc(Cl)cc4)cccc3c2c1. The Balaban J connectivity index is 2.06. The Bertz CT molecular complexity index is 949. The van der Waals surface area contributed by atoms with E-state index in [1.807, 2.05) is 30.3 Å². The van der Waals surface area contributed by atoms with Gasteiger partial charge in [-0.25, -0.2) is 0 Å². The molecule has 0 aliphatic carbocycles. The number of benzene rings is 3. The van der Waals surface area contributed by atoms with Gasteiger partial charge < -0.3 is 4.42 Å². The maximum absolute atomic E-state index is 6.09. The lowest BCUT2D eigenvalue weighted by Gasteiger charge is -2.02. The minimum absolute atomic E-state index is 0.742. The van der Waals surface area contributed by atoms with E-state index in [0.29, 0.717) is 0 Å². The molecule has 1 nitrogen and oxygen atoms in total. The number of hydrogen-bond donors (Lipinski definition) is 0. The van der Waals surface area contributed by atoms with Crippen LogP contribution in [0.1, 0.15) is 5.56 Å². The van der Waals surface area contributed by atoms with Crippen LogP contribution in [0.2, 0.25) is 5.02 Å². The summed E-state index contributed by atoms with van der Waals surface area (Å²) in [7, 11) is 0. The summed E-state index contributed by atoms with van der Waals surface area (Å²) in [6.07, 6.45) is 0. The third-order valence-corrected chi connectivity index (χ3v) is 4.06. The van der Waals surface area contributed by atoms with Crippen molar-refractivity contribution >= 4 is 33.5 Å². The van der Waals surface area contributed by atoms with Crippen LogP contribution in [0.15, 0.2) is 65.1 Å². The molecule has 2 heteroatoms. The molecule has 0 aliphatic rings. The summed E-state index contributed by atoms with van der Waals surface area (Å²) in [6.45, 7) is 2.10. The third kappa shape index (κ3) is 2.01. The predicted octanol–water partition coefficient (Wildman–Crippen LogP) is 6.21. The van der Waals surface area contributed by atoms with Gasteiger partial charge in [-0.3, -0.25) is 0 Å². The highest BCUT2D eigenvalue weighted by Gasteiger charge is 2.11. The molecular formula is C19H13ClO. The average Bonchev–Trinajstić information content (AvgIpc) is 2.86. The Morgan fingerprint density at radius 3 is 2.48 bits per heavy atom. The molecule has 0 radical (unpaired) electrons. The van der Waals surface area contributed by atoms with E-state index in [1.165, 1.54) is 10.9 Å². The molecule has 0 bridgehead atoms. The van der Waals surface area contributed by atoms with Crippen molar-refractivity contribution in [1.29, 1.82) is 0 Å². The second kappa shape index (κ2) is 4.64. The lowest BCUT2D eigenvalue weighted by atomic mass is 10.0. The first kappa shape index (κ1) is 12.5. The first-order chi connectivity index (χ1) is 10.2. The maximum atomic E-state index is 6.09. The topological polar surface area (TPSA) is 13.1 Å². The van der Waals surface area contributed by atoms with Crippen LogP contribution < -0.4 is 0 Å². The molecule has 0 spiro atoms. The van der Waals surface area contributed by atoms with Gasteiger partial charge in [-0.15, -0.1) is 0 Å². The zero-order chi connectivity index (χ0) is 14.4. The summed E-state index contributed by atoms with van der Waals surface area (Å²) in [5.74, 6) is 0. The molecule has 4 aromatic rings. The summed E-state index contributed by atoms with van der Waals surface area (Å²) in [6, 6.07) is 20.4. The molecule has 21 heavy (non-hydrogen) atoms. The highest BCUT2D eigenvalue weighted by Crippen LogP contribution is 2.36. The third-order valence-electron chi connectivity index (χ3n) is 3.81. The van der Waals surface area contributed by atoms with Crippen molar-refractivity contribution in [1.82, 2.24) is 0 Å². The van der Waals surface area contributed by atoms with E-state index < -0.39 is 0 Å². The molecule has 0 fully saturated rings. The molecule has 4 rings (SSSR count). The summed E-state index contributed by atoms with van der Waals surface area (Å²) in [4.78, 5) is 0. The normalized spacial score (nSPS) is 11.3. The molecule has 0 saturated heterocycles. The lowest BCUT2D eigenvalue weighted by molar-refractivity contribution is 0.670. The number of rotatable bonds is 1. The number of halogens is 1. The molecule has 3 aromatic carbocycles. The van der Waals surface area contributed by atoms with Crippen molar-refractivity contribution < 1.29 is 4.42 Å². The van der Waals surface area contributed by atoms with E-state index >= 15 is 0 Å². The largest absolute Gasteiger partial charge is 0.455 e. The number of hydrogen-bond acceptors (Lipinski definition) is 1. The van der Waals surface area contributed by atoms with Gasteiger partial charge in [0.2, 0.25) is 0 Å². The zero-order valence-corrected chi connectivity index (χ0v) is 12.3. The Morgan fingerprint density at radius 2 is 1.67 bits per heavy atom. The quantitative estimate of drug-likeness (QED) is 0.406. The number of para-hydroxylation sites is 1. The number of aryl methyl sites for hydroxylation is 1. The Morgan fingerprint density at radius 1 is 0.857 bits per heavy atom. The summed E-state index contributed by atoms with van der Waals surface area (Å²) in [5.41, 5.74) is 5.30. The molecule has 102 valence electrons. The van der Waals surface area contributed by atoms with E-state index in [-0.39, 0.29) is 0 Å².